The molecule has 0 saturated heterocycles. The molecule has 130 valence electrons. The van der Waals surface area contributed by atoms with Gasteiger partial charge in [-0.3, -0.25) is 9.11 Å². The number of benzene rings is 2. The van der Waals surface area contributed by atoms with Crippen LogP contribution in [0.3, 0.4) is 0 Å². The van der Waals surface area contributed by atoms with Crippen molar-refractivity contribution in [3.05, 3.63) is 71.8 Å². The average molecular weight is 396 g/mol. The Balaban J connectivity index is 0.000000777. The summed E-state index contributed by atoms with van der Waals surface area (Å²) in [6.07, 6.45) is 0. The molecule has 0 saturated carbocycles. The van der Waals surface area contributed by atoms with E-state index in [4.69, 9.17) is 17.5 Å². The van der Waals surface area contributed by atoms with Crippen LogP contribution in [-0.2, 0) is 37.2 Å². The van der Waals surface area contributed by atoms with Crippen LogP contribution in [0.25, 0.3) is 0 Å². The van der Waals surface area contributed by atoms with Crippen LogP contribution in [0, 0.1) is 0 Å². The van der Waals surface area contributed by atoms with Crippen molar-refractivity contribution < 1.29 is 54.0 Å². The van der Waals surface area contributed by atoms with Crippen LogP contribution in [0.5, 0.6) is 0 Å². The van der Waals surface area contributed by atoms with E-state index in [0.717, 1.165) is 0 Å². The summed E-state index contributed by atoms with van der Waals surface area (Å²) < 4.78 is 31.6. The van der Waals surface area contributed by atoms with Gasteiger partial charge in [0.05, 0.1) is 11.1 Å². The van der Waals surface area contributed by atoms with Crippen molar-refractivity contribution in [1.82, 2.24) is 0 Å². The first-order chi connectivity index (χ1) is 10.8. The van der Waals surface area contributed by atoms with Crippen molar-refractivity contribution in [2.45, 2.75) is 0 Å². The molecule has 2 aromatic rings. The van der Waals surface area contributed by atoms with Crippen LogP contribution < -0.4 is 0 Å². The summed E-state index contributed by atoms with van der Waals surface area (Å²) in [5.74, 6) is -1.42. The minimum Gasteiger partial charge on any atom is -0.264 e. The second kappa shape index (κ2) is 10.5. The zero-order valence-electron chi connectivity index (χ0n) is 11.9. The minimum atomic E-state index is -4.67. The number of hydrogen-bond acceptors (Lipinski definition) is 6. The smallest absolute Gasteiger partial charge is 0.264 e. The number of hydrogen-bond donors (Lipinski definition) is 2. The van der Waals surface area contributed by atoms with Crippen molar-refractivity contribution in [2.75, 3.05) is 0 Å². The van der Waals surface area contributed by atoms with E-state index in [1.165, 1.54) is 0 Å². The Labute approximate surface area is 148 Å². The van der Waals surface area contributed by atoms with Gasteiger partial charge in [0.2, 0.25) is 0 Å². The van der Waals surface area contributed by atoms with Gasteiger partial charge in [-0.15, -0.1) is 0 Å². The Kier molecular flexibility index (Phi) is 9.55. The summed E-state index contributed by atoms with van der Waals surface area (Å²) in [5, 5.41) is 0. The second-order valence-corrected chi connectivity index (χ2v) is 4.82. The van der Waals surface area contributed by atoms with E-state index in [9.17, 15) is 9.59 Å². The topological polar surface area (TPSA) is 127 Å². The molecule has 0 spiro atoms. The molecule has 2 rings (SSSR count). The summed E-state index contributed by atoms with van der Waals surface area (Å²) >= 11 is 0. The molecule has 0 atom stereocenters. The van der Waals surface area contributed by atoms with Crippen molar-refractivity contribution in [1.29, 1.82) is 0 Å². The van der Waals surface area contributed by atoms with Crippen molar-refractivity contribution in [3.63, 3.8) is 0 Å². The molecule has 10 heteroatoms. The first-order valence-electron chi connectivity index (χ1n) is 6.00. The molecule has 0 aliphatic carbocycles. The number of rotatable bonds is 2. The third-order valence-corrected chi connectivity index (χ3v) is 2.21. The van der Waals surface area contributed by atoms with Crippen LogP contribution in [0.4, 0.5) is 0 Å². The van der Waals surface area contributed by atoms with Crippen LogP contribution in [0.2, 0.25) is 0 Å². The Morgan fingerprint density at radius 3 is 1.21 bits per heavy atom. The molecule has 2 N–H and O–H groups in total. The molecule has 0 heterocycles. The van der Waals surface area contributed by atoms with E-state index in [1.807, 2.05) is 0 Å². The molecular formula is C14H12FeO8S. The molecule has 8 nitrogen and oxygen atoms in total. The fourth-order valence-corrected chi connectivity index (χ4v) is 1.32. The van der Waals surface area contributed by atoms with E-state index >= 15 is 0 Å². The van der Waals surface area contributed by atoms with Crippen molar-refractivity contribution in [2.24, 2.45) is 0 Å². The van der Waals surface area contributed by atoms with Gasteiger partial charge in [-0.2, -0.15) is 8.42 Å². The monoisotopic (exact) mass is 396 g/mol. The zero-order chi connectivity index (χ0) is 17.3. The predicted octanol–water partition coefficient (Wildman–Crippen LogP) is 1.96. The standard InChI is InChI=1S/C14H10O4.Fe.H2O4S/c15-13(11-7-3-1-4-8-11)17-18-14(16)12-9-5-2-6-10-12;;1-5(2,3)4/h1-10H;;(H2,1,2,3,4). The van der Waals surface area contributed by atoms with Gasteiger partial charge in [-0.05, 0) is 24.3 Å². The molecule has 0 fully saturated rings. The molecule has 0 radical (unpaired) electrons. The molecule has 0 unspecified atom stereocenters. The zero-order valence-corrected chi connectivity index (χ0v) is 13.8. The third kappa shape index (κ3) is 9.72. The Bertz CT molecular complexity index is 687. The average Bonchev–Trinajstić information content (AvgIpc) is 2.52. The van der Waals surface area contributed by atoms with E-state index in [2.05, 4.69) is 9.78 Å². The molecule has 0 bridgehead atoms. The van der Waals surface area contributed by atoms with Gasteiger partial charge in [0, 0.05) is 17.1 Å². The van der Waals surface area contributed by atoms with Crippen LogP contribution >= 0.6 is 0 Å². The Hall–Kier alpha value is -2.23. The van der Waals surface area contributed by atoms with Gasteiger partial charge in [0.25, 0.3) is 0 Å². The molecule has 2 aromatic carbocycles. The van der Waals surface area contributed by atoms with E-state index in [-0.39, 0.29) is 17.1 Å². The third-order valence-electron chi connectivity index (χ3n) is 2.21. The Morgan fingerprint density at radius 1 is 0.708 bits per heavy atom. The van der Waals surface area contributed by atoms with Gasteiger partial charge in [0.15, 0.2) is 0 Å². The molecule has 0 amide bonds. The molecule has 24 heavy (non-hydrogen) atoms. The quantitative estimate of drug-likeness (QED) is 0.341. The molecule has 0 aliphatic heterocycles. The van der Waals surface area contributed by atoms with Crippen molar-refractivity contribution >= 4 is 22.3 Å². The van der Waals surface area contributed by atoms with Gasteiger partial charge >= 0.3 is 22.3 Å². The minimum absolute atomic E-state index is 0. The predicted molar refractivity (Wildman–Crippen MR) is 77.9 cm³/mol. The summed E-state index contributed by atoms with van der Waals surface area (Å²) in [4.78, 5) is 31.9. The molecule has 0 aromatic heterocycles. The molecular weight excluding hydrogens is 384 g/mol. The second-order valence-electron chi connectivity index (χ2n) is 3.92. The van der Waals surface area contributed by atoms with Crippen LogP contribution in [0.1, 0.15) is 20.7 Å². The number of carbonyl (C=O) groups excluding carboxylic acids is 2. The van der Waals surface area contributed by atoms with Crippen molar-refractivity contribution in [3.8, 4) is 0 Å². The van der Waals surface area contributed by atoms with Gasteiger partial charge in [0.1, 0.15) is 0 Å². The summed E-state index contributed by atoms with van der Waals surface area (Å²) in [7, 11) is -4.67. The maximum Gasteiger partial charge on any atom is 0.394 e. The van der Waals surface area contributed by atoms with Gasteiger partial charge in [-0.1, -0.05) is 36.4 Å². The van der Waals surface area contributed by atoms with Gasteiger partial charge in [-0.25, -0.2) is 19.4 Å². The summed E-state index contributed by atoms with van der Waals surface area (Å²) in [5.41, 5.74) is 0.636. The van der Waals surface area contributed by atoms with Crippen LogP contribution in [0.15, 0.2) is 60.7 Å². The summed E-state index contributed by atoms with van der Waals surface area (Å²) in [6, 6.07) is 16.6. The first kappa shape index (κ1) is 21.8. The normalized spacial score (nSPS) is 9.58. The Morgan fingerprint density at radius 2 is 0.958 bits per heavy atom. The fraction of sp³-hybridized carbons (Fsp3) is 0. The summed E-state index contributed by atoms with van der Waals surface area (Å²) in [6.45, 7) is 0. The maximum absolute atomic E-state index is 11.5. The largest absolute Gasteiger partial charge is 0.394 e. The fourth-order valence-electron chi connectivity index (χ4n) is 1.32. The SMILES string of the molecule is O=C(OOC(=O)c1ccccc1)c1ccccc1.O=S(=O)(O)O.[Fe]. The van der Waals surface area contributed by atoms with E-state index in [0.29, 0.717) is 11.1 Å². The number of carbonyl (C=O) groups is 2. The van der Waals surface area contributed by atoms with Crippen LogP contribution in [-0.4, -0.2) is 29.5 Å². The first-order valence-corrected chi connectivity index (χ1v) is 7.40. The van der Waals surface area contributed by atoms with Gasteiger partial charge < -0.3 is 0 Å². The van der Waals surface area contributed by atoms with E-state index in [1.54, 1.807) is 60.7 Å². The van der Waals surface area contributed by atoms with E-state index < -0.39 is 22.3 Å². The molecule has 0 aliphatic rings. The maximum atomic E-state index is 11.5.